The number of allylic oxidation sites excluding steroid dienone is 1. The minimum absolute atomic E-state index is 0.0663. The van der Waals surface area contributed by atoms with Crippen LogP contribution in [0, 0.1) is 0 Å². The zero-order chi connectivity index (χ0) is 19.8. The SMILES string of the molecule is COC1=CC2=NCC(c3cccc(N(C)C4CCNC4)n3)N2C=C1c1cn[nH]c1. The highest BCUT2D eigenvalue weighted by Gasteiger charge is 2.33. The van der Waals surface area contributed by atoms with Gasteiger partial charge in [0.25, 0.3) is 0 Å². The second-order valence-corrected chi connectivity index (χ2v) is 7.54. The van der Waals surface area contributed by atoms with E-state index in [1.807, 2.05) is 12.3 Å². The molecule has 0 aliphatic carbocycles. The van der Waals surface area contributed by atoms with E-state index in [0.29, 0.717) is 12.6 Å². The van der Waals surface area contributed by atoms with Gasteiger partial charge in [-0.3, -0.25) is 10.1 Å². The van der Waals surface area contributed by atoms with Crippen molar-refractivity contribution >= 4 is 17.2 Å². The van der Waals surface area contributed by atoms with Gasteiger partial charge in [0.2, 0.25) is 0 Å². The Hall–Kier alpha value is -3.13. The maximum atomic E-state index is 5.60. The summed E-state index contributed by atoms with van der Waals surface area (Å²) in [5.74, 6) is 2.70. The molecule has 2 aromatic rings. The molecule has 1 saturated heterocycles. The zero-order valence-electron chi connectivity index (χ0n) is 16.7. The molecule has 0 bridgehead atoms. The number of H-pyrrole nitrogens is 1. The summed E-state index contributed by atoms with van der Waals surface area (Å²) >= 11 is 0. The number of amidine groups is 1. The molecule has 0 saturated carbocycles. The maximum absolute atomic E-state index is 5.60. The zero-order valence-corrected chi connectivity index (χ0v) is 16.7. The number of aliphatic imine (C=N–C) groups is 1. The first-order valence-corrected chi connectivity index (χ1v) is 9.95. The average Bonchev–Trinajstić information content (AvgIpc) is 3.53. The second kappa shape index (κ2) is 7.36. The number of likely N-dealkylation sites (N-methyl/N-ethyl adjacent to an activating group) is 1. The van der Waals surface area contributed by atoms with Crippen molar-refractivity contribution in [3.8, 4) is 0 Å². The molecule has 2 aromatic heterocycles. The Labute approximate surface area is 170 Å². The summed E-state index contributed by atoms with van der Waals surface area (Å²) in [6.07, 6.45) is 8.90. The third kappa shape index (κ3) is 3.19. The highest BCUT2D eigenvalue weighted by molar-refractivity contribution is 6.02. The largest absolute Gasteiger partial charge is 0.496 e. The number of anilines is 1. The van der Waals surface area contributed by atoms with Gasteiger partial charge >= 0.3 is 0 Å². The molecule has 2 unspecified atom stereocenters. The van der Waals surface area contributed by atoms with Crippen molar-refractivity contribution in [1.82, 2.24) is 25.4 Å². The molecule has 1 fully saturated rings. The van der Waals surface area contributed by atoms with Crippen LogP contribution < -0.4 is 10.2 Å². The molecule has 150 valence electrons. The first-order valence-electron chi connectivity index (χ1n) is 9.95. The lowest BCUT2D eigenvalue weighted by Gasteiger charge is -2.29. The number of aromatic nitrogens is 3. The quantitative estimate of drug-likeness (QED) is 0.811. The fourth-order valence-electron chi connectivity index (χ4n) is 4.18. The van der Waals surface area contributed by atoms with Crippen LogP contribution in [-0.2, 0) is 4.74 Å². The number of rotatable bonds is 5. The Morgan fingerprint density at radius 3 is 3.00 bits per heavy atom. The highest BCUT2D eigenvalue weighted by Crippen LogP contribution is 2.35. The Bertz CT molecular complexity index is 973. The van der Waals surface area contributed by atoms with Crippen LogP contribution in [0.15, 0.2) is 53.6 Å². The van der Waals surface area contributed by atoms with Gasteiger partial charge in [0, 0.05) is 49.2 Å². The van der Waals surface area contributed by atoms with Crippen LogP contribution >= 0.6 is 0 Å². The third-order valence-corrected chi connectivity index (χ3v) is 5.89. The summed E-state index contributed by atoms with van der Waals surface area (Å²) in [6.45, 7) is 2.74. The molecular formula is C21H25N7O. The van der Waals surface area contributed by atoms with Gasteiger partial charge in [0.1, 0.15) is 17.4 Å². The first-order chi connectivity index (χ1) is 14.2. The molecule has 29 heavy (non-hydrogen) atoms. The van der Waals surface area contributed by atoms with Crippen LogP contribution in [-0.4, -0.2) is 65.8 Å². The number of hydrogen-bond donors (Lipinski definition) is 2. The number of fused-ring (bicyclic) bond motifs is 1. The molecule has 0 aromatic carbocycles. The van der Waals surface area contributed by atoms with E-state index in [1.165, 1.54) is 0 Å². The minimum atomic E-state index is 0.0663. The van der Waals surface area contributed by atoms with E-state index in [2.05, 4.69) is 56.8 Å². The van der Waals surface area contributed by atoms with Crippen LogP contribution in [0.2, 0.25) is 0 Å². The lowest BCUT2D eigenvalue weighted by molar-refractivity contribution is 0.307. The number of ether oxygens (including phenoxy) is 1. The van der Waals surface area contributed by atoms with E-state index in [-0.39, 0.29) is 6.04 Å². The number of nitrogens with zero attached hydrogens (tertiary/aromatic N) is 5. The number of hydrogen-bond acceptors (Lipinski definition) is 7. The van der Waals surface area contributed by atoms with Crippen LogP contribution in [0.1, 0.15) is 23.7 Å². The van der Waals surface area contributed by atoms with Gasteiger partial charge in [-0.25, -0.2) is 4.98 Å². The molecule has 8 nitrogen and oxygen atoms in total. The number of nitrogens with one attached hydrogen (secondary N) is 2. The predicted octanol–water partition coefficient (Wildman–Crippen LogP) is 1.94. The number of pyridine rings is 1. The van der Waals surface area contributed by atoms with Gasteiger partial charge in [-0.15, -0.1) is 0 Å². The molecule has 8 heteroatoms. The normalized spacial score (nSPS) is 23.4. The van der Waals surface area contributed by atoms with E-state index in [1.54, 1.807) is 13.3 Å². The van der Waals surface area contributed by atoms with Gasteiger partial charge in [0.15, 0.2) is 0 Å². The van der Waals surface area contributed by atoms with Crippen LogP contribution in [0.3, 0.4) is 0 Å². The molecule has 2 N–H and O–H groups in total. The van der Waals surface area contributed by atoms with E-state index in [0.717, 1.165) is 53.8 Å². The Kier molecular flexibility index (Phi) is 4.55. The van der Waals surface area contributed by atoms with Gasteiger partial charge in [0.05, 0.1) is 31.6 Å². The standard InChI is InChI=1S/C21H25N7O/c1-27(15-6-7-22-11-15)20-5-3-4-17(26-20)18-12-23-21-8-19(29-2)16(13-28(18)21)14-9-24-25-10-14/h3-5,8-10,13,15,18,22H,6-7,11-12H2,1-2H3,(H,24,25). The van der Waals surface area contributed by atoms with Crippen molar-refractivity contribution in [3.05, 3.63) is 59.9 Å². The average molecular weight is 391 g/mol. The van der Waals surface area contributed by atoms with E-state index >= 15 is 0 Å². The smallest absolute Gasteiger partial charge is 0.132 e. The van der Waals surface area contributed by atoms with Crippen LogP contribution in [0.25, 0.3) is 5.57 Å². The lowest BCUT2D eigenvalue weighted by Crippen LogP contribution is -2.34. The van der Waals surface area contributed by atoms with Crippen molar-refractivity contribution in [3.63, 3.8) is 0 Å². The van der Waals surface area contributed by atoms with Crippen molar-refractivity contribution in [2.24, 2.45) is 4.99 Å². The lowest BCUT2D eigenvalue weighted by atomic mass is 10.0. The van der Waals surface area contributed by atoms with Gasteiger partial charge in [-0.05, 0) is 25.1 Å². The van der Waals surface area contributed by atoms with Crippen LogP contribution in [0.5, 0.6) is 0 Å². The molecule has 0 spiro atoms. The maximum Gasteiger partial charge on any atom is 0.132 e. The Balaban J connectivity index is 1.45. The monoisotopic (exact) mass is 391 g/mol. The van der Waals surface area contributed by atoms with Crippen molar-refractivity contribution in [1.29, 1.82) is 0 Å². The second-order valence-electron chi connectivity index (χ2n) is 7.54. The minimum Gasteiger partial charge on any atom is -0.496 e. The van der Waals surface area contributed by atoms with Gasteiger partial charge in [-0.2, -0.15) is 5.10 Å². The third-order valence-electron chi connectivity index (χ3n) is 5.89. The molecule has 0 radical (unpaired) electrons. The molecule has 5 heterocycles. The molecule has 2 atom stereocenters. The van der Waals surface area contributed by atoms with Gasteiger partial charge < -0.3 is 19.9 Å². The van der Waals surface area contributed by atoms with E-state index in [9.17, 15) is 0 Å². The fourth-order valence-corrected chi connectivity index (χ4v) is 4.18. The van der Waals surface area contributed by atoms with Crippen LogP contribution in [0.4, 0.5) is 5.82 Å². The first kappa shape index (κ1) is 17.9. The Morgan fingerprint density at radius 1 is 1.31 bits per heavy atom. The summed E-state index contributed by atoms with van der Waals surface area (Å²) < 4.78 is 5.60. The van der Waals surface area contributed by atoms with E-state index in [4.69, 9.17) is 14.7 Å². The number of methoxy groups -OCH3 is 1. The molecule has 3 aliphatic rings. The summed E-state index contributed by atoms with van der Waals surface area (Å²) in [5, 5.41) is 10.4. The summed E-state index contributed by atoms with van der Waals surface area (Å²) in [5.41, 5.74) is 2.99. The molecule has 3 aliphatic heterocycles. The van der Waals surface area contributed by atoms with Gasteiger partial charge in [-0.1, -0.05) is 6.07 Å². The highest BCUT2D eigenvalue weighted by atomic mass is 16.5. The number of aromatic amines is 1. The molecule has 5 rings (SSSR count). The summed E-state index contributed by atoms with van der Waals surface area (Å²) in [4.78, 5) is 14.2. The summed E-state index contributed by atoms with van der Waals surface area (Å²) in [7, 11) is 3.81. The van der Waals surface area contributed by atoms with Crippen molar-refractivity contribution < 1.29 is 4.74 Å². The summed E-state index contributed by atoms with van der Waals surface area (Å²) in [6, 6.07) is 6.83. The fraction of sp³-hybridized carbons (Fsp3) is 0.381. The van der Waals surface area contributed by atoms with E-state index < -0.39 is 0 Å². The topological polar surface area (TPSA) is 81.7 Å². The molecule has 0 amide bonds. The van der Waals surface area contributed by atoms with Crippen molar-refractivity contribution in [2.75, 3.05) is 38.7 Å². The van der Waals surface area contributed by atoms with Crippen molar-refractivity contribution in [2.45, 2.75) is 18.5 Å². The predicted molar refractivity (Wildman–Crippen MR) is 112 cm³/mol. The Morgan fingerprint density at radius 2 is 2.24 bits per heavy atom. The molecular weight excluding hydrogens is 366 g/mol.